The van der Waals surface area contributed by atoms with E-state index in [2.05, 4.69) is 0 Å². The maximum Gasteiger partial charge on any atom is 0.319 e. The van der Waals surface area contributed by atoms with Crippen LogP contribution in [0.3, 0.4) is 0 Å². The Morgan fingerprint density at radius 2 is 2.14 bits per heavy atom. The number of carboxylic acid groups (broad SMARTS) is 1. The van der Waals surface area contributed by atoms with Crippen LogP contribution in [0.1, 0.15) is 17.5 Å². The van der Waals surface area contributed by atoms with E-state index in [0.717, 1.165) is 12.0 Å². The van der Waals surface area contributed by atoms with Crippen LogP contribution in [-0.2, 0) is 27.2 Å². The van der Waals surface area contributed by atoms with Gasteiger partial charge in [0.1, 0.15) is 5.75 Å². The topological polar surface area (TPSA) is 72.8 Å². The zero-order valence-corrected chi connectivity index (χ0v) is 12.1. The van der Waals surface area contributed by atoms with Crippen LogP contribution < -0.4 is 4.74 Å². The van der Waals surface area contributed by atoms with Crippen LogP contribution in [0.5, 0.6) is 5.75 Å². The minimum atomic E-state index is -1.54. The molecule has 6 heteroatoms. The van der Waals surface area contributed by atoms with Crippen molar-refractivity contribution < 1.29 is 24.2 Å². The average Bonchev–Trinajstić information content (AvgIpc) is 2.89. The molecule has 2 heterocycles. The fourth-order valence-electron chi connectivity index (χ4n) is 2.94. The second kappa shape index (κ2) is 5.31. The minimum absolute atomic E-state index is 0.0457. The molecule has 21 heavy (non-hydrogen) atoms. The number of hydrogen-bond donors (Lipinski definition) is 1. The molecule has 0 saturated carbocycles. The number of ketones is 1. The van der Waals surface area contributed by atoms with Gasteiger partial charge in [0.2, 0.25) is 0 Å². The van der Waals surface area contributed by atoms with Crippen molar-refractivity contribution in [2.45, 2.75) is 19.3 Å². The summed E-state index contributed by atoms with van der Waals surface area (Å²) < 4.78 is 10.8. The predicted octanol–water partition coefficient (Wildman–Crippen LogP) is 1.88. The number of halogens is 1. The van der Waals surface area contributed by atoms with Crippen LogP contribution in [-0.4, -0.2) is 36.7 Å². The maximum atomic E-state index is 12.2. The van der Waals surface area contributed by atoms with Crippen molar-refractivity contribution in [3.63, 3.8) is 0 Å². The fraction of sp³-hybridized carbons (Fsp3) is 0.467. The number of carbonyl (C=O) groups is 2. The third-order valence-electron chi connectivity index (χ3n) is 4.08. The molecule has 5 nitrogen and oxygen atoms in total. The highest BCUT2D eigenvalue weighted by molar-refractivity contribution is 6.30. The second-order valence-corrected chi connectivity index (χ2v) is 5.88. The number of carbonyl (C=O) groups excluding carboxylic acids is 1. The standard InChI is InChI=1S/C15H15ClO5/c16-11-5-9-1-4-21-13(9)10(6-11)7-15(14(18)19)8-20-3-2-12(15)17/h5-6H,1-4,7-8H2,(H,18,19). The molecule has 1 unspecified atom stereocenters. The van der Waals surface area contributed by atoms with Gasteiger partial charge in [-0.25, -0.2) is 0 Å². The van der Waals surface area contributed by atoms with Crippen molar-refractivity contribution in [3.8, 4) is 5.75 Å². The molecular weight excluding hydrogens is 296 g/mol. The van der Waals surface area contributed by atoms with E-state index in [-0.39, 0.29) is 31.8 Å². The van der Waals surface area contributed by atoms with E-state index in [1.54, 1.807) is 6.07 Å². The third kappa shape index (κ3) is 2.40. The third-order valence-corrected chi connectivity index (χ3v) is 4.30. The number of carboxylic acids is 1. The minimum Gasteiger partial charge on any atom is -0.493 e. The van der Waals surface area contributed by atoms with E-state index in [1.807, 2.05) is 6.07 Å². The molecular formula is C15H15ClO5. The van der Waals surface area contributed by atoms with Gasteiger partial charge in [-0.3, -0.25) is 9.59 Å². The summed E-state index contributed by atoms with van der Waals surface area (Å²) in [5.74, 6) is -0.787. The molecule has 0 bridgehead atoms. The summed E-state index contributed by atoms with van der Waals surface area (Å²) in [4.78, 5) is 23.9. The van der Waals surface area contributed by atoms with Crippen molar-refractivity contribution in [2.75, 3.05) is 19.8 Å². The molecule has 0 amide bonds. The number of hydrogen-bond acceptors (Lipinski definition) is 4. The first-order chi connectivity index (χ1) is 10.0. The van der Waals surface area contributed by atoms with E-state index in [0.29, 0.717) is 22.9 Å². The maximum absolute atomic E-state index is 12.2. The fourth-order valence-corrected chi connectivity index (χ4v) is 3.20. The summed E-state index contributed by atoms with van der Waals surface area (Å²) in [6.07, 6.45) is 0.910. The highest BCUT2D eigenvalue weighted by atomic mass is 35.5. The molecule has 2 aliphatic heterocycles. The van der Waals surface area contributed by atoms with Gasteiger partial charge < -0.3 is 14.6 Å². The van der Waals surface area contributed by atoms with Crippen LogP contribution in [0, 0.1) is 5.41 Å². The van der Waals surface area contributed by atoms with E-state index < -0.39 is 11.4 Å². The lowest BCUT2D eigenvalue weighted by Crippen LogP contribution is -2.48. The summed E-state index contributed by atoms with van der Waals surface area (Å²) in [6, 6.07) is 3.50. The Morgan fingerprint density at radius 1 is 1.33 bits per heavy atom. The summed E-state index contributed by atoms with van der Waals surface area (Å²) in [7, 11) is 0. The zero-order chi connectivity index (χ0) is 15.0. The monoisotopic (exact) mass is 310 g/mol. The number of fused-ring (bicyclic) bond motifs is 1. The van der Waals surface area contributed by atoms with Crippen molar-refractivity contribution in [3.05, 3.63) is 28.3 Å². The zero-order valence-electron chi connectivity index (χ0n) is 11.4. The van der Waals surface area contributed by atoms with Crippen LogP contribution in [0.4, 0.5) is 0 Å². The van der Waals surface area contributed by atoms with Crippen molar-refractivity contribution in [1.82, 2.24) is 0 Å². The second-order valence-electron chi connectivity index (χ2n) is 5.44. The Kier molecular flexibility index (Phi) is 3.63. The Morgan fingerprint density at radius 3 is 2.86 bits per heavy atom. The largest absolute Gasteiger partial charge is 0.493 e. The molecule has 1 N–H and O–H groups in total. The first-order valence-corrected chi connectivity index (χ1v) is 7.19. The van der Waals surface area contributed by atoms with Crippen LogP contribution in [0.25, 0.3) is 0 Å². The summed E-state index contributed by atoms with van der Waals surface area (Å²) in [5.41, 5.74) is 0.0845. The molecule has 2 aliphatic rings. The smallest absolute Gasteiger partial charge is 0.319 e. The van der Waals surface area contributed by atoms with E-state index in [4.69, 9.17) is 21.1 Å². The molecule has 0 aliphatic carbocycles. The molecule has 112 valence electrons. The lowest BCUT2D eigenvalue weighted by molar-refractivity contribution is -0.164. The molecule has 3 rings (SSSR count). The van der Waals surface area contributed by atoms with E-state index in [9.17, 15) is 14.7 Å². The van der Waals surface area contributed by atoms with Crippen molar-refractivity contribution in [2.24, 2.45) is 5.41 Å². The van der Waals surface area contributed by atoms with Crippen LogP contribution in [0.15, 0.2) is 12.1 Å². The number of Topliss-reactive ketones (excluding diaryl/α,β-unsaturated/α-hetero) is 1. The van der Waals surface area contributed by atoms with Gasteiger partial charge in [0, 0.05) is 24.3 Å². The highest BCUT2D eigenvalue weighted by Gasteiger charge is 2.48. The van der Waals surface area contributed by atoms with Gasteiger partial charge in [-0.05, 0) is 23.3 Å². The first kappa shape index (κ1) is 14.4. The molecule has 1 aromatic rings. The molecule has 0 aromatic heterocycles. The molecule has 1 saturated heterocycles. The van der Waals surface area contributed by atoms with Gasteiger partial charge in [0.05, 0.1) is 19.8 Å². The van der Waals surface area contributed by atoms with Gasteiger partial charge in [-0.15, -0.1) is 0 Å². The lowest BCUT2D eigenvalue weighted by Gasteiger charge is -2.32. The molecule has 1 fully saturated rings. The first-order valence-electron chi connectivity index (χ1n) is 6.81. The van der Waals surface area contributed by atoms with E-state index >= 15 is 0 Å². The summed E-state index contributed by atoms with van der Waals surface area (Å²) in [5, 5.41) is 10.1. The quantitative estimate of drug-likeness (QED) is 0.863. The lowest BCUT2D eigenvalue weighted by atomic mass is 9.76. The number of aliphatic carboxylic acids is 1. The highest BCUT2D eigenvalue weighted by Crippen LogP contribution is 2.38. The van der Waals surface area contributed by atoms with Gasteiger partial charge in [0.25, 0.3) is 0 Å². The number of ether oxygens (including phenoxy) is 2. The van der Waals surface area contributed by atoms with Crippen LogP contribution in [0.2, 0.25) is 5.02 Å². The van der Waals surface area contributed by atoms with Crippen molar-refractivity contribution in [1.29, 1.82) is 0 Å². The van der Waals surface area contributed by atoms with Gasteiger partial charge >= 0.3 is 5.97 Å². The van der Waals surface area contributed by atoms with Gasteiger partial charge in [0.15, 0.2) is 11.2 Å². The molecule has 0 radical (unpaired) electrons. The number of benzene rings is 1. The van der Waals surface area contributed by atoms with Gasteiger partial charge in [-0.2, -0.15) is 0 Å². The normalized spacial score (nSPS) is 24.5. The Hall–Kier alpha value is -1.59. The Balaban J connectivity index is 2.01. The van der Waals surface area contributed by atoms with E-state index in [1.165, 1.54) is 0 Å². The van der Waals surface area contributed by atoms with Crippen molar-refractivity contribution >= 4 is 23.4 Å². The predicted molar refractivity (Wildman–Crippen MR) is 74.9 cm³/mol. The SMILES string of the molecule is O=C(O)C1(Cc2cc(Cl)cc3c2OCC3)COCCC1=O. The van der Waals surface area contributed by atoms with Gasteiger partial charge in [-0.1, -0.05) is 11.6 Å². The average molecular weight is 311 g/mol. The molecule has 0 spiro atoms. The summed E-state index contributed by atoms with van der Waals surface area (Å²) >= 11 is 6.09. The Bertz CT molecular complexity index is 612. The molecule has 1 atom stereocenters. The Labute approximate surface area is 126 Å². The molecule has 1 aromatic carbocycles. The summed E-state index contributed by atoms with van der Waals surface area (Å²) in [6.45, 7) is 0.716. The van der Waals surface area contributed by atoms with Crippen LogP contribution >= 0.6 is 11.6 Å². The number of rotatable bonds is 3.